The molecule has 2 N–H and O–H groups in total. The number of aryl methyl sites for hydroxylation is 2. The molecule has 1 aromatic heterocycles. The van der Waals surface area contributed by atoms with Gasteiger partial charge < -0.3 is 20.1 Å². The Bertz CT molecular complexity index is 1040. The highest BCUT2D eigenvalue weighted by atomic mass is 16.5. The molecule has 7 nitrogen and oxygen atoms in total. The molecule has 2 aromatic carbocycles. The molecule has 0 bridgehead atoms. The van der Waals surface area contributed by atoms with Crippen molar-refractivity contribution in [3.8, 4) is 11.5 Å². The predicted octanol–water partition coefficient (Wildman–Crippen LogP) is 3.88. The number of methoxy groups -OCH3 is 1. The first-order chi connectivity index (χ1) is 15.5. The average Bonchev–Trinajstić information content (AvgIpc) is 3.05. The highest BCUT2D eigenvalue weighted by Crippen LogP contribution is 2.29. The molecule has 0 radical (unpaired) electrons. The number of aliphatic imine (C=N–C) groups is 1. The lowest BCUT2D eigenvalue weighted by atomic mass is 10.2. The summed E-state index contributed by atoms with van der Waals surface area (Å²) in [5.41, 5.74) is 5.54. The van der Waals surface area contributed by atoms with Gasteiger partial charge in [-0.1, -0.05) is 36.4 Å². The first-order valence-corrected chi connectivity index (χ1v) is 10.9. The summed E-state index contributed by atoms with van der Waals surface area (Å²) in [7, 11) is 3.62. The van der Waals surface area contributed by atoms with E-state index in [4.69, 9.17) is 14.5 Å². The summed E-state index contributed by atoms with van der Waals surface area (Å²) in [6, 6.07) is 16.0. The Morgan fingerprint density at radius 3 is 2.47 bits per heavy atom. The van der Waals surface area contributed by atoms with Gasteiger partial charge in [0.1, 0.15) is 6.61 Å². The van der Waals surface area contributed by atoms with Crippen molar-refractivity contribution in [3.05, 3.63) is 76.6 Å². The quantitative estimate of drug-likeness (QED) is 0.394. The largest absolute Gasteiger partial charge is 0.493 e. The molecular formula is C25H33N5O2. The topological polar surface area (TPSA) is 72.7 Å². The van der Waals surface area contributed by atoms with Crippen molar-refractivity contribution in [2.75, 3.05) is 13.7 Å². The molecule has 0 spiro atoms. The summed E-state index contributed by atoms with van der Waals surface area (Å²) in [5, 5.41) is 11.2. The first kappa shape index (κ1) is 23.2. The average molecular weight is 436 g/mol. The molecular weight excluding hydrogens is 402 g/mol. The Morgan fingerprint density at radius 2 is 1.81 bits per heavy atom. The zero-order chi connectivity index (χ0) is 22.9. The van der Waals surface area contributed by atoms with E-state index in [-0.39, 0.29) is 0 Å². The number of guanidine groups is 1. The predicted molar refractivity (Wildman–Crippen MR) is 128 cm³/mol. The normalized spacial score (nSPS) is 11.3. The molecule has 0 fully saturated rings. The van der Waals surface area contributed by atoms with Crippen molar-refractivity contribution in [1.29, 1.82) is 0 Å². The molecule has 3 rings (SSSR count). The standard InChI is InChI=1S/C25H33N5O2/c1-6-26-25(28-16-22-18(2)29-30(4)19(22)3)27-15-21-12-13-23(24(14-21)31-5)32-17-20-10-8-7-9-11-20/h7-14H,6,15-17H2,1-5H3,(H2,26,27,28). The monoisotopic (exact) mass is 435 g/mol. The third-order valence-corrected chi connectivity index (χ3v) is 5.32. The molecule has 3 aromatic rings. The van der Waals surface area contributed by atoms with Gasteiger partial charge in [0.2, 0.25) is 0 Å². The molecule has 0 aliphatic carbocycles. The second kappa shape index (κ2) is 11.2. The number of hydrogen-bond donors (Lipinski definition) is 2. The zero-order valence-electron chi connectivity index (χ0n) is 19.6. The van der Waals surface area contributed by atoms with Gasteiger partial charge in [-0.25, -0.2) is 4.99 Å². The van der Waals surface area contributed by atoms with Crippen molar-refractivity contribution in [2.24, 2.45) is 12.0 Å². The van der Waals surface area contributed by atoms with Crippen LogP contribution in [0.1, 0.15) is 35.0 Å². The Labute approximate surface area is 190 Å². The highest BCUT2D eigenvalue weighted by molar-refractivity contribution is 5.79. The molecule has 7 heteroatoms. The minimum Gasteiger partial charge on any atom is -0.493 e. The summed E-state index contributed by atoms with van der Waals surface area (Å²) in [6.45, 7) is 8.64. The molecule has 170 valence electrons. The minimum absolute atomic E-state index is 0.496. The fraction of sp³-hybridized carbons (Fsp3) is 0.360. The van der Waals surface area contributed by atoms with Crippen LogP contribution in [0.4, 0.5) is 0 Å². The maximum absolute atomic E-state index is 5.95. The summed E-state index contributed by atoms with van der Waals surface area (Å²) >= 11 is 0. The summed E-state index contributed by atoms with van der Waals surface area (Å²) < 4.78 is 13.4. The highest BCUT2D eigenvalue weighted by Gasteiger charge is 2.10. The van der Waals surface area contributed by atoms with Crippen molar-refractivity contribution in [2.45, 2.75) is 40.5 Å². The van der Waals surface area contributed by atoms with Crippen LogP contribution in [0.5, 0.6) is 11.5 Å². The van der Waals surface area contributed by atoms with Gasteiger partial charge >= 0.3 is 0 Å². The molecule has 0 amide bonds. The van der Waals surface area contributed by atoms with Crippen LogP contribution >= 0.6 is 0 Å². The van der Waals surface area contributed by atoms with Gasteiger partial charge in [0, 0.05) is 31.4 Å². The first-order valence-electron chi connectivity index (χ1n) is 10.9. The maximum Gasteiger partial charge on any atom is 0.191 e. The van der Waals surface area contributed by atoms with Crippen LogP contribution in [0.2, 0.25) is 0 Å². The van der Waals surface area contributed by atoms with E-state index < -0.39 is 0 Å². The van der Waals surface area contributed by atoms with E-state index in [1.165, 1.54) is 5.56 Å². The number of rotatable bonds is 9. The number of nitrogens with zero attached hydrogens (tertiary/aromatic N) is 3. The Kier molecular flexibility index (Phi) is 8.14. The van der Waals surface area contributed by atoms with E-state index in [0.717, 1.165) is 40.8 Å². The van der Waals surface area contributed by atoms with Gasteiger partial charge in [-0.05, 0) is 44.0 Å². The number of benzene rings is 2. The molecule has 0 atom stereocenters. The smallest absolute Gasteiger partial charge is 0.191 e. The van der Waals surface area contributed by atoms with Crippen molar-refractivity contribution in [3.63, 3.8) is 0 Å². The molecule has 0 saturated carbocycles. The lowest BCUT2D eigenvalue weighted by molar-refractivity contribution is 0.284. The van der Waals surface area contributed by atoms with Crippen LogP contribution in [0, 0.1) is 13.8 Å². The number of nitrogens with one attached hydrogen (secondary N) is 2. The molecule has 32 heavy (non-hydrogen) atoms. The van der Waals surface area contributed by atoms with Crippen LogP contribution in [0.3, 0.4) is 0 Å². The van der Waals surface area contributed by atoms with Crippen molar-refractivity contribution >= 4 is 5.96 Å². The summed E-state index contributed by atoms with van der Waals surface area (Å²) in [4.78, 5) is 4.73. The van der Waals surface area contributed by atoms with E-state index in [0.29, 0.717) is 25.4 Å². The van der Waals surface area contributed by atoms with Gasteiger partial charge in [-0.15, -0.1) is 0 Å². The second-order valence-corrected chi connectivity index (χ2v) is 7.58. The Morgan fingerprint density at radius 1 is 1.03 bits per heavy atom. The number of hydrogen-bond acceptors (Lipinski definition) is 4. The van der Waals surface area contributed by atoms with Crippen LogP contribution in [0.15, 0.2) is 53.5 Å². The molecule has 0 saturated heterocycles. The Balaban J connectivity index is 1.65. The van der Waals surface area contributed by atoms with Gasteiger partial charge in [0.05, 0.1) is 19.3 Å². The van der Waals surface area contributed by atoms with Crippen LogP contribution < -0.4 is 20.1 Å². The van der Waals surface area contributed by atoms with Gasteiger partial charge in [0.15, 0.2) is 17.5 Å². The number of ether oxygens (including phenoxy) is 2. The van der Waals surface area contributed by atoms with E-state index in [9.17, 15) is 0 Å². The van der Waals surface area contributed by atoms with Gasteiger partial charge in [0.25, 0.3) is 0 Å². The summed E-state index contributed by atoms with van der Waals surface area (Å²) in [5.74, 6) is 2.18. The Hall–Kier alpha value is -3.48. The second-order valence-electron chi connectivity index (χ2n) is 7.58. The molecule has 0 unspecified atom stereocenters. The van der Waals surface area contributed by atoms with Crippen molar-refractivity contribution in [1.82, 2.24) is 20.4 Å². The van der Waals surface area contributed by atoms with Crippen LogP contribution in [-0.4, -0.2) is 29.4 Å². The van der Waals surface area contributed by atoms with Gasteiger partial charge in [-0.2, -0.15) is 5.10 Å². The third-order valence-electron chi connectivity index (χ3n) is 5.32. The lowest BCUT2D eigenvalue weighted by Gasteiger charge is -2.13. The van der Waals surface area contributed by atoms with Gasteiger partial charge in [-0.3, -0.25) is 4.68 Å². The fourth-order valence-electron chi connectivity index (χ4n) is 3.42. The van der Waals surface area contributed by atoms with E-state index in [1.54, 1.807) is 7.11 Å². The number of aromatic nitrogens is 2. The lowest BCUT2D eigenvalue weighted by Crippen LogP contribution is -2.37. The summed E-state index contributed by atoms with van der Waals surface area (Å²) in [6.07, 6.45) is 0. The molecule has 1 heterocycles. The SMILES string of the molecule is CCNC(=NCc1ccc(OCc2ccccc2)c(OC)c1)NCc1c(C)nn(C)c1C. The molecule has 0 aliphatic heterocycles. The molecule has 0 aliphatic rings. The zero-order valence-corrected chi connectivity index (χ0v) is 19.6. The van der Waals surface area contributed by atoms with Crippen molar-refractivity contribution < 1.29 is 9.47 Å². The van der Waals surface area contributed by atoms with E-state index in [1.807, 2.05) is 67.2 Å². The third kappa shape index (κ3) is 6.03. The van der Waals surface area contributed by atoms with E-state index >= 15 is 0 Å². The maximum atomic E-state index is 5.95. The fourth-order valence-corrected chi connectivity index (χ4v) is 3.42. The van der Waals surface area contributed by atoms with E-state index in [2.05, 4.69) is 29.6 Å². The minimum atomic E-state index is 0.496. The van der Waals surface area contributed by atoms with Crippen LogP contribution in [-0.2, 0) is 26.7 Å². The van der Waals surface area contributed by atoms with Crippen LogP contribution in [0.25, 0.3) is 0 Å².